The van der Waals surface area contributed by atoms with Gasteiger partial charge in [-0.2, -0.15) is 0 Å². The van der Waals surface area contributed by atoms with Crippen LogP contribution >= 0.6 is 0 Å². The number of carbonyl (C=O) groups is 1. The minimum absolute atomic E-state index is 0.117. The van der Waals surface area contributed by atoms with Crippen LogP contribution in [0.2, 0.25) is 0 Å². The minimum Gasteiger partial charge on any atom is -0.375 e. The third-order valence-electron chi connectivity index (χ3n) is 2.07. The Labute approximate surface area is 99.7 Å². The van der Waals surface area contributed by atoms with Crippen molar-refractivity contribution in [2.45, 2.75) is 26.0 Å². The summed E-state index contributed by atoms with van der Waals surface area (Å²) in [5.41, 5.74) is 10.8. The number of carbonyl (C=O) groups excluding carboxylic acids is 1. The maximum atomic E-state index is 13.5. The Morgan fingerprint density at radius 3 is 2.59 bits per heavy atom. The molecule has 1 aromatic rings. The SMILES string of the molecule is CC(C)(N)COCc1ccc(C(N)=O)cc1F. The van der Waals surface area contributed by atoms with E-state index in [1.165, 1.54) is 12.1 Å². The van der Waals surface area contributed by atoms with Crippen LogP contribution in [0.4, 0.5) is 4.39 Å². The number of primary amides is 1. The minimum atomic E-state index is -0.653. The van der Waals surface area contributed by atoms with Gasteiger partial charge in [0.2, 0.25) is 5.91 Å². The Hall–Kier alpha value is -1.46. The second kappa shape index (κ2) is 5.25. The molecule has 0 heterocycles. The third-order valence-corrected chi connectivity index (χ3v) is 2.07. The number of hydrogen-bond donors (Lipinski definition) is 2. The topological polar surface area (TPSA) is 78.3 Å². The van der Waals surface area contributed by atoms with Gasteiger partial charge in [0.25, 0.3) is 0 Å². The highest BCUT2D eigenvalue weighted by atomic mass is 19.1. The van der Waals surface area contributed by atoms with Gasteiger partial charge in [0.1, 0.15) is 5.82 Å². The first kappa shape index (κ1) is 13.6. The van der Waals surface area contributed by atoms with Crippen LogP contribution in [0.5, 0.6) is 0 Å². The van der Waals surface area contributed by atoms with Crippen molar-refractivity contribution in [2.24, 2.45) is 11.5 Å². The van der Waals surface area contributed by atoms with Gasteiger partial charge >= 0.3 is 0 Å². The molecule has 0 fully saturated rings. The highest BCUT2D eigenvalue weighted by Gasteiger charge is 2.12. The molecule has 0 aliphatic carbocycles. The maximum Gasteiger partial charge on any atom is 0.248 e. The number of benzene rings is 1. The van der Waals surface area contributed by atoms with Crippen molar-refractivity contribution < 1.29 is 13.9 Å². The first-order valence-electron chi connectivity index (χ1n) is 5.24. The van der Waals surface area contributed by atoms with Crippen LogP contribution < -0.4 is 11.5 Å². The zero-order valence-corrected chi connectivity index (χ0v) is 10.00. The number of rotatable bonds is 5. The second-order valence-corrected chi connectivity index (χ2v) is 4.65. The number of halogens is 1. The molecule has 4 N–H and O–H groups in total. The first-order valence-corrected chi connectivity index (χ1v) is 5.24. The summed E-state index contributed by atoms with van der Waals surface area (Å²) in [4.78, 5) is 10.8. The molecule has 0 bridgehead atoms. The standard InChI is InChI=1S/C12H17FN2O2/c1-12(2,15)7-17-6-9-4-3-8(11(14)16)5-10(9)13/h3-5H,6-7,15H2,1-2H3,(H2,14,16). The van der Waals surface area contributed by atoms with Gasteiger partial charge in [0.05, 0.1) is 13.2 Å². The van der Waals surface area contributed by atoms with E-state index in [0.29, 0.717) is 12.2 Å². The lowest BCUT2D eigenvalue weighted by molar-refractivity contribution is 0.0832. The Morgan fingerprint density at radius 1 is 1.47 bits per heavy atom. The fourth-order valence-corrected chi connectivity index (χ4v) is 1.24. The summed E-state index contributed by atoms with van der Waals surface area (Å²) in [7, 11) is 0. The summed E-state index contributed by atoms with van der Waals surface area (Å²) < 4.78 is 18.8. The van der Waals surface area contributed by atoms with Crippen LogP contribution in [0.3, 0.4) is 0 Å². The Bertz CT molecular complexity index is 413. The molecule has 0 spiro atoms. The van der Waals surface area contributed by atoms with Crippen molar-refractivity contribution in [3.8, 4) is 0 Å². The van der Waals surface area contributed by atoms with Gasteiger partial charge in [-0.25, -0.2) is 4.39 Å². The van der Waals surface area contributed by atoms with E-state index in [-0.39, 0.29) is 12.2 Å². The second-order valence-electron chi connectivity index (χ2n) is 4.65. The van der Waals surface area contributed by atoms with E-state index in [2.05, 4.69) is 0 Å². The molecule has 5 heteroatoms. The smallest absolute Gasteiger partial charge is 0.248 e. The van der Waals surface area contributed by atoms with Crippen LogP contribution in [0.1, 0.15) is 29.8 Å². The summed E-state index contributed by atoms with van der Waals surface area (Å²) >= 11 is 0. The average Bonchev–Trinajstić information content (AvgIpc) is 2.18. The van der Waals surface area contributed by atoms with Crippen molar-refractivity contribution >= 4 is 5.91 Å². The highest BCUT2D eigenvalue weighted by molar-refractivity contribution is 5.92. The molecule has 0 atom stereocenters. The van der Waals surface area contributed by atoms with E-state index in [4.69, 9.17) is 16.2 Å². The Morgan fingerprint density at radius 2 is 2.12 bits per heavy atom. The van der Waals surface area contributed by atoms with Crippen LogP contribution in [-0.4, -0.2) is 18.1 Å². The van der Waals surface area contributed by atoms with Crippen molar-refractivity contribution in [1.29, 1.82) is 0 Å². The molecule has 0 saturated heterocycles. The average molecular weight is 240 g/mol. The largest absolute Gasteiger partial charge is 0.375 e. The fourth-order valence-electron chi connectivity index (χ4n) is 1.24. The molecule has 0 aliphatic rings. The molecule has 0 aliphatic heterocycles. The fraction of sp³-hybridized carbons (Fsp3) is 0.417. The molecule has 0 saturated carbocycles. The molecule has 1 aromatic carbocycles. The summed E-state index contributed by atoms with van der Waals surface area (Å²) in [6.45, 7) is 4.08. The van der Waals surface area contributed by atoms with E-state index < -0.39 is 17.3 Å². The van der Waals surface area contributed by atoms with Gasteiger partial charge in [0, 0.05) is 16.7 Å². The molecule has 1 amide bonds. The van der Waals surface area contributed by atoms with Gasteiger partial charge in [-0.15, -0.1) is 0 Å². The molecule has 1 rings (SSSR count). The highest BCUT2D eigenvalue weighted by Crippen LogP contribution is 2.12. The number of nitrogens with two attached hydrogens (primary N) is 2. The molecular formula is C12H17FN2O2. The normalized spacial score (nSPS) is 11.5. The molecule has 94 valence electrons. The van der Waals surface area contributed by atoms with Crippen LogP contribution in [-0.2, 0) is 11.3 Å². The van der Waals surface area contributed by atoms with Crippen molar-refractivity contribution in [1.82, 2.24) is 0 Å². The van der Waals surface area contributed by atoms with E-state index in [1.807, 2.05) is 13.8 Å². The molecule has 4 nitrogen and oxygen atoms in total. The molecule has 17 heavy (non-hydrogen) atoms. The Kier molecular flexibility index (Phi) is 4.20. The molecule has 0 aromatic heterocycles. The predicted octanol–water partition coefficient (Wildman–Crippen LogP) is 1.18. The van der Waals surface area contributed by atoms with Crippen LogP contribution in [0.15, 0.2) is 18.2 Å². The summed E-state index contributed by atoms with van der Waals surface area (Å²) in [5, 5.41) is 0. The predicted molar refractivity (Wildman–Crippen MR) is 62.8 cm³/mol. The van der Waals surface area contributed by atoms with E-state index in [9.17, 15) is 9.18 Å². The molecular weight excluding hydrogens is 223 g/mol. The zero-order valence-electron chi connectivity index (χ0n) is 10.00. The zero-order chi connectivity index (χ0) is 13.1. The lowest BCUT2D eigenvalue weighted by atomic mass is 10.1. The van der Waals surface area contributed by atoms with E-state index in [1.54, 1.807) is 0 Å². The van der Waals surface area contributed by atoms with Gasteiger partial charge < -0.3 is 16.2 Å². The molecule has 0 unspecified atom stereocenters. The first-order chi connectivity index (χ1) is 7.79. The van der Waals surface area contributed by atoms with E-state index in [0.717, 1.165) is 6.07 Å². The maximum absolute atomic E-state index is 13.5. The van der Waals surface area contributed by atoms with Crippen molar-refractivity contribution in [2.75, 3.05) is 6.61 Å². The van der Waals surface area contributed by atoms with Crippen molar-refractivity contribution in [3.63, 3.8) is 0 Å². The van der Waals surface area contributed by atoms with Gasteiger partial charge in [-0.05, 0) is 26.0 Å². The van der Waals surface area contributed by atoms with E-state index >= 15 is 0 Å². The van der Waals surface area contributed by atoms with Crippen LogP contribution in [0.25, 0.3) is 0 Å². The van der Waals surface area contributed by atoms with Gasteiger partial charge in [-0.1, -0.05) is 6.07 Å². The van der Waals surface area contributed by atoms with Crippen LogP contribution in [0, 0.1) is 5.82 Å². The lowest BCUT2D eigenvalue weighted by Crippen LogP contribution is -2.37. The Balaban J connectivity index is 2.64. The van der Waals surface area contributed by atoms with Gasteiger partial charge in [0.15, 0.2) is 0 Å². The summed E-state index contributed by atoms with van der Waals surface area (Å²) in [6, 6.07) is 4.06. The number of amides is 1. The lowest BCUT2D eigenvalue weighted by Gasteiger charge is -2.18. The summed E-state index contributed by atoms with van der Waals surface area (Å²) in [6.07, 6.45) is 0. The third kappa shape index (κ3) is 4.50. The number of ether oxygens (including phenoxy) is 1. The van der Waals surface area contributed by atoms with Gasteiger partial charge in [-0.3, -0.25) is 4.79 Å². The van der Waals surface area contributed by atoms with Crippen molar-refractivity contribution in [3.05, 3.63) is 35.1 Å². The molecule has 0 radical (unpaired) electrons. The summed E-state index contributed by atoms with van der Waals surface area (Å²) in [5.74, 6) is -1.16. The quantitative estimate of drug-likeness (QED) is 0.811. The monoisotopic (exact) mass is 240 g/mol. The number of hydrogen-bond acceptors (Lipinski definition) is 3.